The van der Waals surface area contributed by atoms with E-state index in [1.54, 1.807) is 18.4 Å². The lowest BCUT2D eigenvalue weighted by atomic mass is 10.1. The summed E-state index contributed by atoms with van der Waals surface area (Å²) < 4.78 is 5.48. The molecule has 4 rings (SSSR count). The Bertz CT molecular complexity index is 1010. The summed E-state index contributed by atoms with van der Waals surface area (Å²) in [7, 11) is 1.68. The molecule has 1 aliphatic rings. The van der Waals surface area contributed by atoms with Crippen molar-refractivity contribution >= 4 is 22.4 Å². The molecule has 2 aromatic carbocycles. The van der Waals surface area contributed by atoms with E-state index in [-0.39, 0.29) is 5.91 Å². The van der Waals surface area contributed by atoms with Gasteiger partial charge in [0.1, 0.15) is 5.75 Å². The van der Waals surface area contributed by atoms with Crippen molar-refractivity contribution in [1.29, 1.82) is 0 Å². The summed E-state index contributed by atoms with van der Waals surface area (Å²) in [5.74, 6) is 0.939. The molecular weight excluding hydrogens is 408 g/mol. The lowest BCUT2D eigenvalue weighted by Gasteiger charge is -2.27. The highest BCUT2D eigenvalue weighted by Crippen LogP contribution is 2.33. The third-order valence-corrected chi connectivity index (χ3v) is 6.41. The SMILES string of the molecule is CCN(Cc1ccc(C(=O)N2CCNCC2)cc1)c1nc(-c2ccccc2OC)cs1. The monoisotopic (exact) mass is 436 g/mol. The number of rotatable bonds is 7. The number of amides is 1. The number of piperazine rings is 1. The van der Waals surface area contributed by atoms with Gasteiger partial charge in [-0.25, -0.2) is 4.98 Å². The number of hydrogen-bond donors (Lipinski definition) is 1. The molecule has 0 saturated carbocycles. The number of methoxy groups -OCH3 is 1. The molecule has 1 aliphatic heterocycles. The predicted molar refractivity (Wildman–Crippen MR) is 126 cm³/mol. The number of ether oxygens (including phenoxy) is 1. The van der Waals surface area contributed by atoms with Gasteiger partial charge in [0.15, 0.2) is 5.13 Å². The third-order valence-electron chi connectivity index (χ3n) is 5.51. The van der Waals surface area contributed by atoms with Crippen LogP contribution in [0.3, 0.4) is 0 Å². The number of thiazole rings is 1. The maximum Gasteiger partial charge on any atom is 0.253 e. The summed E-state index contributed by atoms with van der Waals surface area (Å²) in [4.78, 5) is 21.7. The second-order valence-corrected chi connectivity index (χ2v) is 8.31. The van der Waals surface area contributed by atoms with Gasteiger partial charge in [-0.15, -0.1) is 11.3 Å². The molecule has 1 fully saturated rings. The van der Waals surface area contributed by atoms with Crippen LogP contribution in [-0.4, -0.2) is 55.6 Å². The van der Waals surface area contributed by atoms with Crippen molar-refractivity contribution in [3.05, 3.63) is 65.0 Å². The molecule has 1 amide bonds. The summed E-state index contributed by atoms with van der Waals surface area (Å²) in [6.45, 7) is 6.98. The normalized spacial score (nSPS) is 13.8. The van der Waals surface area contributed by atoms with Crippen LogP contribution in [0.25, 0.3) is 11.3 Å². The minimum atomic E-state index is 0.113. The zero-order valence-corrected chi connectivity index (χ0v) is 18.8. The van der Waals surface area contributed by atoms with E-state index in [1.165, 1.54) is 0 Å². The maximum atomic E-state index is 12.7. The maximum absolute atomic E-state index is 12.7. The quantitative estimate of drug-likeness (QED) is 0.609. The van der Waals surface area contributed by atoms with E-state index in [1.807, 2.05) is 53.4 Å². The summed E-state index contributed by atoms with van der Waals surface area (Å²) in [5.41, 5.74) is 3.83. The van der Waals surface area contributed by atoms with E-state index < -0.39 is 0 Å². The van der Waals surface area contributed by atoms with Crippen molar-refractivity contribution in [2.75, 3.05) is 44.7 Å². The van der Waals surface area contributed by atoms with Crippen molar-refractivity contribution in [3.63, 3.8) is 0 Å². The first-order valence-electron chi connectivity index (χ1n) is 10.6. The predicted octanol–water partition coefficient (Wildman–Crippen LogP) is 3.89. The first-order chi connectivity index (χ1) is 15.2. The van der Waals surface area contributed by atoms with Crippen LogP contribution in [0.1, 0.15) is 22.8 Å². The molecule has 0 aliphatic carbocycles. The molecule has 1 N–H and O–H groups in total. The van der Waals surface area contributed by atoms with Crippen LogP contribution in [0.2, 0.25) is 0 Å². The van der Waals surface area contributed by atoms with Gasteiger partial charge in [0, 0.05) is 55.8 Å². The molecule has 7 heteroatoms. The number of carbonyl (C=O) groups excluding carboxylic acids is 1. The second kappa shape index (κ2) is 9.94. The highest BCUT2D eigenvalue weighted by Gasteiger charge is 2.18. The Morgan fingerprint density at radius 3 is 2.61 bits per heavy atom. The number of nitrogens with zero attached hydrogens (tertiary/aromatic N) is 3. The summed E-state index contributed by atoms with van der Waals surface area (Å²) >= 11 is 1.63. The number of aromatic nitrogens is 1. The molecule has 0 unspecified atom stereocenters. The summed E-state index contributed by atoms with van der Waals surface area (Å²) in [6, 6.07) is 15.9. The number of benzene rings is 2. The van der Waals surface area contributed by atoms with Gasteiger partial charge in [-0.2, -0.15) is 0 Å². The molecule has 0 radical (unpaired) electrons. The highest BCUT2D eigenvalue weighted by atomic mass is 32.1. The molecule has 162 valence electrons. The summed E-state index contributed by atoms with van der Waals surface area (Å²) in [6.07, 6.45) is 0. The molecule has 0 spiro atoms. The molecule has 0 atom stereocenters. The van der Waals surface area contributed by atoms with E-state index in [9.17, 15) is 4.79 Å². The molecule has 31 heavy (non-hydrogen) atoms. The minimum absolute atomic E-state index is 0.113. The van der Waals surface area contributed by atoms with E-state index in [0.717, 1.165) is 72.5 Å². The van der Waals surface area contributed by atoms with Crippen molar-refractivity contribution in [3.8, 4) is 17.0 Å². The first kappa shape index (κ1) is 21.3. The topological polar surface area (TPSA) is 57.7 Å². The van der Waals surface area contributed by atoms with Crippen LogP contribution in [0.4, 0.5) is 5.13 Å². The fraction of sp³-hybridized carbons (Fsp3) is 0.333. The van der Waals surface area contributed by atoms with E-state index >= 15 is 0 Å². The fourth-order valence-electron chi connectivity index (χ4n) is 3.73. The lowest BCUT2D eigenvalue weighted by molar-refractivity contribution is 0.0736. The van der Waals surface area contributed by atoms with Crippen molar-refractivity contribution in [2.24, 2.45) is 0 Å². The second-order valence-electron chi connectivity index (χ2n) is 7.47. The number of carbonyl (C=O) groups is 1. The average molecular weight is 437 g/mol. The standard InChI is InChI=1S/C24H28N4O2S/c1-3-27(24-26-21(17-31-24)20-6-4-5-7-22(20)30-2)16-18-8-10-19(11-9-18)23(29)28-14-12-25-13-15-28/h4-11,17,25H,3,12-16H2,1-2H3. The fourth-order valence-corrected chi connectivity index (χ4v) is 4.62. The van der Waals surface area contributed by atoms with Gasteiger partial charge < -0.3 is 19.9 Å². The molecule has 0 bridgehead atoms. The Balaban J connectivity index is 1.46. The van der Waals surface area contributed by atoms with Gasteiger partial charge in [0.25, 0.3) is 5.91 Å². The molecule has 6 nitrogen and oxygen atoms in total. The van der Waals surface area contributed by atoms with Crippen molar-refractivity contribution in [2.45, 2.75) is 13.5 Å². The number of anilines is 1. The summed E-state index contributed by atoms with van der Waals surface area (Å²) in [5, 5.41) is 6.33. The number of hydrogen-bond acceptors (Lipinski definition) is 6. The molecule has 1 saturated heterocycles. The molecular formula is C24H28N4O2S. The Labute approximate surface area is 187 Å². The van der Waals surface area contributed by atoms with E-state index in [4.69, 9.17) is 9.72 Å². The van der Waals surface area contributed by atoms with E-state index in [0.29, 0.717) is 0 Å². The Kier molecular flexibility index (Phi) is 6.84. The largest absolute Gasteiger partial charge is 0.496 e. The van der Waals surface area contributed by atoms with Crippen LogP contribution in [0, 0.1) is 0 Å². The van der Waals surface area contributed by atoms with Crippen molar-refractivity contribution in [1.82, 2.24) is 15.2 Å². The first-order valence-corrected chi connectivity index (χ1v) is 11.5. The number of nitrogens with one attached hydrogen (secondary N) is 1. The van der Waals surface area contributed by atoms with Gasteiger partial charge in [0.2, 0.25) is 0 Å². The Morgan fingerprint density at radius 1 is 1.16 bits per heavy atom. The van der Waals surface area contributed by atoms with E-state index in [2.05, 4.69) is 22.5 Å². The average Bonchev–Trinajstić information content (AvgIpc) is 3.33. The van der Waals surface area contributed by atoms with Gasteiger partial charge in [-0.3, -0.25) is 4.79 Å². The Morgan fingerprint density at radius 2 is 1.90 bits per heavy atom. The lowest BCUT2D eigenvalue weighted by Crippen LogP contribution is -2.46. The molecule has 3 aromatic rings. The van der Waals surface area contributed by atoms with Gasteiger partial charge in [-0.1, -0.05) is 24.3 Å². The van der Waals surface area contributed by atoms with Gasteiger partial charge in [0.05, 0.1) is 12.8 Å². The van der Waals surface area contributed by atoms with Crippen LogP contribution >= 0.6 is 11.3 Å². The third kappa shape index (κ3) is 4.89. The molecule has 2 heterocycles. The van der Waals surface area contributed by atoms with Crippen LogP contribution in [0.5, 0.6) is 5.75 Å². The zero-order valence-electron chi connectivity index (χ0n) is 18.0. The highest BCUT2D eigenvalue weighted by molar-refractivity contribution is 7.14. The number of para-hydroxylation sites is 1. The Hall–Kier alpha value is -2.90. The van der Waals surface area contributed by atoms with Crippen molar-refractivity contribution < 1.29 is 9.53 Å². The van der Waals surface area contributed by atoms with Crippen LogP contribution < -0.4 is 15.0 Å². The molecule has 1 aromatic heterocycles. The van der Waals surface area contributed by atoms with Crippen LogP contribution in [-0.2, 0) is 6.54 Å². The zero-order chi connectivity index (χ0) is 21.6. The smallest absolute Gasteiger partial charge is 0.253 e. The van der Waals surface area contributed by atoms with Crippen LogP contribution in [0.15, 0.2) is 53.9 Å². The minimum Gasteiger partial charge on any atom is -0.496 e. The van der Waals surface area contributed by atoms with Gasteiger partial charge >= 0.3 is 0 Å². The van der Waals surface area contributed by atoms with Gasteiger partial charge in [-0.05, 0) is 36.8 Å².